The Morgan fingerprint density at radius 1 is 1.17 bits per heavy atom. The quantitative estimate of drug-likeness (QED) is 0.609. The van der Waals surface area contributed by atoms with E-state index in [9.17, 15) is 4.39 Å². The van der Waals surface area contributed by atoms with Crippen LogP contribution in [-0.2, 0) is 0 Å². The average molecular weight is 330 g/mol. The van der Waals surface area contributed by atoms with E-state index in [1.807, 2.05) is 49.5 Å². The first-order valence-corrected chi connectivity index (χ1v) is 8.35. The molecule has 0 aliphatic heterocycles. The van der Waals surface area contributed by atoms with Crippen molar-refractivity contribution in [2.75, 3.05) is 32.3 Å². The summed E-state index contributed by atoms with van der Waals surface area (Å²) >= 11 is 1.71. The lowest BCUT2D eigenvalue weighted by Gasteiger charge is -2.10. The van der Waals surface area contributed by atoms with Gasteiger partial charge in [-0.2, -0.15) is 0 Å². The van der Waals surface area contributed by atoms with E-state index in [0.29, 0.717) is 13.0 Å². The van der Waals surface area contributed by atoms with Crippen LogP contribution in [-0.4, -0.2) is 32.4 Å². The van der Waals surface area contributed by atoms with Gasteiger partial charge in [-0.1, -0.05) is 0 Å². The summed E-state index contributed by atoms with van der Waals surface area (Å²) in [6.45, 7) is 0.0670. The van der Waals surface area contributed by atoms with E-state index in [1.54, 1.807) is 11.3 Å². The van der Waals surface area contributed by atoms with Crippen LogP contribution >= 0.6 is 11.3 Å². The van der Waals surface area contributed by atoms with Crippen LogP contribution in [0.1, 0.15) is 6.42 Å². The molecule has 1 aromatic carbocycles. The van der Waals surface area contributed by atoms with Gasteiger partial charge in [0.15, 0.2) is 0 Å². The second-order valence-corrected chi connectivity index (χ2v) is 6.58. The molecular formula is C18H19FN2OS. The minimum absolute atomic E-state index is 0.346. The summed E-state index contributed by atoms with van der Waals surface area (Å²) in [5.41, 5.74) is 1.11. The topological polar surface area (TPSA) is 25.4 Å². The molecule has 3 nitrogen and oxygen atoms in total. The normalized spacial score (nSPS) is 10.9. The molecule has 0 atom stereocenters. The molecule has 3 rings (SSSR count). The zero-order valence-electron chi connectivity index (χ0n) is 13.3. The van der Waals surface area contributed by atoms with Crippen LogP contribution in [0.5, 0.6) is 5.75 Å². The van der Waals surface area contributed by atoms with Crippen molar-refractivity contribution in [2.24, 2.45) is 0 Å². The molecule has 2 aromatic heterocycles. The summed E-state index contributed by atoms with van der Waals surface area (Å²) in [4.78, 5) is 7.63. The van der Waals surface area contributed by atoms with E-state index in [2.05, 4.69) is 17.1 Å². The fourth-order valence-corrected chi connectivity index (χ4v) is 3.37. The Morgan fingerprint density at radius 3 is 2.74 bits per heavy atom. The number of rotatable bonds is 6. The Kier molecular flexibility index (Phi) is 4.76. The summed E-state index contributed by atoms with van der Waals surface area (Å²) in [6.07, 6.45) is 2.33. The number of pyridine rings is 1. The molecule has 3 aromatic rings. The predicted molar refractivity (Wildman–Crippen MR) is 95.5 cm³/mol. The van der Waals surface area contributed by atoms with Crippen molar-refractivity contribution < 1.29 is 9.13 Å². The number of anilines is 1. The Morgan fingerprint density at radius 2 is 2.04 bits per heavy atom. The fraction of sp³-hybridized carbons (Fsp3) is 0.278. The molecule has 120 valence electrons. The van der Waals surface area contributed by atoms with E-state index in [-0.39, 0.29) is 6.67 Å². The lowest BCUT2D eigenvalue weighted by molar-refractivity contribution is 0.290. The van der Waals surface area contributed by atoms with E-state index >= 15 is 0 Å². The third kappa shape index (κ3) is 3.62. The first-order valence-electron chi connectivity index (χ1n) is 7.53. The highest BCUT2D eigenvalue weighted by atomic mass is 32.1. The van der Waals surface area contributed by atoms with Crippen LogP contribution < -0.4 is 9.64 Å². The number of fused-ring (bicyclic) bond motifs is 1. The van der Waals surface area contributed by atoms with Crippen molar-refractivity contribution in [3.63, 3.8) is 0 Å². The van der Waals surface area contributed by atoms with Gasteiger partial charge in [0.25, 0.3) is 0 Å². The third-order valence-corrected chi connectivity index (χ3v) is 4.68. The van der Waals surface area contributed by atoms with Crippen LogP contribution in [0.4, 0.5) is 10.2 Å². The number of halogens is 1. The maximum Gasteiger partial charge on any atom is 0.127 e. The Balaban J connectivity index is 1.84. The number of ether oxygens (including phenoxy) is 1. The highest BCUT2D eigenvalue weighted by Gasteiger charge is 2.07. The molecule has 2 heterocycles. The third-order valence-electron chi connectivity index (χ3n) is 3.53. The summed E-state index contributed by atoms with van der Waals surface area (Å²) in [5.74, 6) is 1.74. The van der Waals surface area contributed by atoms with Gasteiger partial charge in [0.05, 0.1) is 13.3 Å². The highest BCUT2D eigenvalue weighted by molar-refractivity contribution is 7.22. The number of nitrogens with zero attached hydrogens (tertiary/aromatic N) is 2. The molecule has 0 aliphatic rings. The Bertz CT molecular complexity index is 783. The number of thiophene rings is 1. The molecular weight excluding hydrogens is 311 g/mol. The number of benzene rings is 1. The lowest BCUT2D eigenvalue weighted by atomic mass is 10.2. The molecule has 0 radical (unpaired) electrons. The lowest BCUT2D eigenvalue weighted by Crippen LogP contribution is -2.09. The van der Waals surface area contributed by atoms with Crippen LogP contribution in [0.25, 0.3) is 20.5 Å². The molecule has 0 bridgehead atoms. The fourth-order valence-electron chi connectivity index (χ4n) is 2.28. The first-order chi connectivity index (χ1) is 11.2. The van der Waals surface area contributed by atoms with E-state index in [0.717, 1.165) is 21.8 Å². The van der Waals surface area contributed by atoms with Crippen LogP contribution in [0.2, 0.25) is 0 Å². The summed E-state index contributed by atoms with van der Waals surface area (Å²) in [7, 11) is 3.96. The molecule has 0 fully saturated rings. The largest absolute Gasteiger partial charge is 0.493 e. The van der Waals surface area contributed by atoms with Crippen molar-refractivity contribution >= 4 is 27.2 Å². The van der Waals surface area contributed by atoms with E-state index in [1.165, 1.54) is 10.3 Å². The van der Waals surface area contributed by atoms with Crippen LogP contribution in [0.15, 0.2) is 42.6 Å². The van der Waals surface area contributed by atoms with Gasteiger partial charge in [-0.25, -0.2) is 4.98 Å². The minimum Gasteiger partial charge on any atom is -0.493 e. The second-order valence-electron chi connectivity index (χ2n) is 5.50. The van der Waals surface area contributed by atoms with Crippen LogP contribution in [0.3, 0.4) is 0 Å². The van der Waals surface area contributed by atoms with Crippen molar-refractivity contribution in [1.29, 1.82) is 0 Å². The number of aromatic nitrogens is 1. The number of alkyl halides is 1. The standard InChI is InChI=1S/C18H19FN2OS/c1-21(2)18-7-5-14(12-20-18)16-10-13-4-6-15(11-17(13)23-16)22-9-3-8-19/h4-7,10-12H,3,8-9H2,1-2H3. The van der Waals surface area contributed by atoms with Crippen molar-refractivity contribution in [1.82, 2.24) is 4.98 Å². The predicted octanol–water partition coefficient (Wildman–Crippen LogP) is 4.77. The summed E-state index contributed by atoms with van der Waals surface area (Å²) < 4.78 is 18.9. The second kappa shape index (κ2) is 6.96. The van der Waals surface area contributed by atoms with Gasteiger partial charge >= 0.3 is 0 Å². The maximum absolute atomic E-state index is 12.1. The van der Waals surface area contributed by atoms with Gasteiger partial charge in [-0.3, -0.25) is 4.39 Å². The van der Waals surface area contributed by atoms with E-state index < -0.39 is 0 Å². The molecule has 0 N–H and O–H groups in total. The molecule has 0 saturated carbocycles. The van der Waals surface area contributed by atoms with Crippen LogP contribution in [0, 0.1) is 0 Å². The maximum atomic E-state index is 12.1. The van der Waals surface area contributed by atoms with Gasteiger partial charge < -0.3 is 9.64 Å². The zero-order valence-corrected chi connectivity index (χ0v) is 14.1. The van der Waals surface area contributed by atoms with Gasteiger partial charge in [0.2, 0.25) is 0 Å². The molecule has 23 heavy (non-hydrogen) atoms. The minimum atomic E-state index is -0.346. The molecule has 0 aliphatic carbocycles. The molecule has 0 amide bonds. The van der Waals surface area contributed by atoms with Gasteiger partial charge in [-0.05, 0) is 41.8 Å². The first kappa shape index (κ1) is 15.7. The molecule has 0 unspecified atom stereocenters. The number of hydrogen-bond donors (Lipinski definition) is 0. The Labute approximate surface area is 139 Å². The molecule has 0 saturated heterocycles. The van der Waals surface area contributed by atoms with Crippen molar-refractivity contribution in [2.45, 2.75) is 6.42 Å². The van der Waals surface area contributed by atoms with Gasteiger partial charge in [0, 0.05) is 41.9 Å². The molecule has 0 spiro atoms. The van der Waals surface area contributed by atoms with Crippen molar-refractivity contribution in [3.05, 3.63) is 42.6 Å². The van der Waals surface area contributed by atoms with Gasteiger partial charge in [0.1, 0.15) is 11.6 Å². The smallest absolute Gasteiger partial charge is 0.127 e. The zero-order chi connectivity index (χ0) is 16.2. The monoisotopic (exact) mass is 330 g/mol. The van der Waals surface area contributed by atoms with Gasteiger partial charge in [-0.15, -0.1) is 11.3 Å². The summed E-state index contributed by atoms with van der Waals surface area (Å²) in [5, 5.41) is 1.18. The summed E-state index contributed by atoms with van der Waals surface area (Å²) in [6, 6.07) is 12.3. The average Bonchev–Trinajstić information content (AvgIpc) is 2.98. The number of hydrogen-bond acceptors (Lipinski definition) is 4. The van der Waals surface area contributed by atoms with E-state index in [4.69, 9.17) is 4.74 Å². The highest BCUT2D eigenvalue weighted by Crippen LogP contribution is 2.35. The Hall–Kier alpha value is -2.14. The molecule has 5 heteroatoms. The SMILES string of the molecule is CN(C)c1ccc(-c2cc3ccc(OCCCF)cc3s2)cn1. The van der Waals surface area contributed by atoms with Crippen molar-refractivity contribution in [3.8, 4) is 16.2 Å².